The number of hydrogen-bond acceptors (Lipinski definition) is 4. The van der Waals surface area contributed by atoms with E-state index >= 15 is 0 Å². The van der Waals surface area contributed by atoms with E-state index in [1.807, 2.05) is 18.2 Å². The zero-order valence-corrected chi connectivity index (χ0v) is 16.0. The third-order valence-electron chi connectivity index (χ3n) is 4.69. The first-order valence-electron chi connectivity index (χ1n) is 9.45. The quantitative estimate of drug-likeness (QED) is 0.494. The summed E-state index contributed by atoms with van der Waals surface area (Å²) in [5.41, 5.74) is 1.84. The normalized spacial score (nSPS) is 11.8. The first kappa shape index (κ1) is 19.5. The van der Waals surface area contributed by atoms with Crippen molar-refractivity contribution < 1.29 is 18.7 Å². The zero-order valence-electron chi connectivity index (χ0n) is 16.0. The lowest BCUT2D eigenvalue weighted by molar-refractivity contribution is 0.0916. The van der Waals surface area contributed by atoms with Crippen LogP contribution in [0.2, 0.25) is 0 Å². The first-order chi connectivity index (χ1) is 14.6. The molecule has 4 aromatic rings. The number of amides is 1. The molecule has 1 unspecified atom stereocenters. The molecule has 0 fully saturated rings. The van der Waals surface area contributed by atoms with Gasteiger partial charge < -0.3 is 14.8 Å². The van der Waals surface area contributed by atoms with Crippen LogP contribution in [0, 0.1) is 5.82 Å². The van der Waals surface area contributed by atoms with Crippen LogP contribution >= 0.6 is 0 Å². The summed E-state index contributed by atoms with van der Waals surface area (Å²) in [4.78, 5) is 17.0. The van der Waals surface area contributed by atoms with Crippen molar-refractivity contribution in [3.05, 3.63) is 102 Å². The second kappa shape index (κ2) is 8.71. The Bertz CT molecular complexity index is 1160. The number of nitrogens with one attached hydrogen (secondary N) is 1. The number of carbonyl (C=O) groups excluding carboxylic acids is 1. The van der Waals surface area contributed by atoms with Gasteiger partial charge in [-0.2, -0.15) is 0 Å². The van der Waals surface area contributed by atoms with Crippen LogP contribution in [-0.4, -0.2) is 22.5 Å². The van der Waals surface area contributed by atoms with Gasteiger partial charge >= 0.3 is 0 Å². The van der Waals surface area contributed by atoms with Gasteiger partial charge in [0.1, 0.15) is 5.82 Å². The number of hydrogen-bond donors (Lipinski definition) is 2. The van der Waals surface area contributed by atoms with Crippen molar-refractivity contribution in [1.29, 1.82) is 0 Å². The Balaban J connectivity index is 1.54. The molecule has 0 radical (unpaired) electrons. The molecule has 0 spiro atoms. The topological polar surface area (TPSA) is 75.4 Å². The first-order valence-corrected chi connectivity index (χ1v) is 9.45. The van der Waals surface area contributed by atoms with Gasteiger partial charge in [-0.25, -0.2) is 9.37 Å². The predicted octanol–water partition coefficient (Wildman–Crippen LogP) is 4.61. The van der Waals surface area contributed by atoms with E-state index in [2.05, 4.69) is 10.3 Å². The minimum atomic E-state index is -0.822. The lowest BCUT2D eigenvalue weighted by Gasteiger charge is -2.13. The lowest BCUT2D eigenvalue weighted by Crippen LogP contribution is -2.28. The SMILES string of the molecule is O=C(NCC(O)c1ccccc1)c1ccccc1-c1ncc(-c2ccccc2F)o1. The van der Waals surface area contributed by atoms with Crippen LogP contribution in [0.25, 0.3) is 22.8 Å². The van der Waals surface area contributed by atoms with E-state index in [1.54, 1.807) is 54.6 Å². The molecule has 1 atom stereocenters. The van der Waals surface area contributed by atoms with Crippen molar-refractivity contribution in [3.8, 4) is 22.8 Å². The Morgan fingerprint density at radius 1 is 0.967 bits per heavy atom. The maximum absolute atomic E-state index is 14.0. The highest BCUT2D eigenvalue weighted by Crippen LogP contribution is 2.29. The van der Waals surface area contributed by atoms with Crippen LogP contribution in [0.15, 0.2) is 89.5 Å². The third-order valence-corrected chi connectivity index (χ3v) is 4.69. The minimum absolute atomic E-state index is 0.0588. The van der Waals surface area contributed by atoms with E-state index in [9.17, 15) is 14.3 Å². The number of nitrogens with zero attached hydrogens (tertiary/aromatic N) is 1. The monoisotopic (exact) mass is 402 g/mol. The van der Waals surface area contributed by atoms with E-state index in [-0.39, 0.29) is 24.1 Å². The van der Waals surface area contributed by atoms with Crippen LogP contribution in [0.4, 0.5) is 4.39 Å². The average molecular weight is 402 g/mol. The fourth-order valence-electron chi connectivity index (χ4n) is 3.13. The second-order valence-electron chi connectivity index (χ2n) is 6.69. The molecule has 0 saturated carbocycles. The van der Waals surface area contributed by atoms with Crippen molar-refractivity contribution in [1.82, 2.24) is 10.3 Å². The van der Waals surface area contributed by atoms with Gasteiger partial charge in [-0.15, -0.1) is 0 Å². The standard InChI is InChI=1S/C24H19FN2O3/c25-20-13-7-6-12-19(20)22-15-27-24(30-22)18-11-5-4-10-17(18)23(29)26-14-21(28)16-8-2-1-3-9-16/h1-13,15,21,28H,14H2,(H,26,29). The van der Waals surface area contributed by atoms with Gasteiger partial charge in [0.05, 0.1) is 23.4 Å². The van der Waals surface area contributed by atoms with Gasteiger partial charge in [-0.05, 0) is 29.8 Å². The minimum Gasteiger partial charge on any atom is -0.436 e. The molecule has 0 aliphatic rings. The van der Waals surface area contributed by atoms with Gasteiger partial charge in [0.25, 0.3) is 5.91 Å². The molecule has 0 aliphatic heterocycles. The highest BCUT2D eigenvalue weighted by Gasteiger charge is 2.18. The number of aliphatic hydroxyl groups excluding tert-OH is 1. The Morgan fingerprint density at radius 3 is 2.40 bits per heavy atom. The second-order valence-corrected chi connectivity index (χ2v) is 6.69. The molecule has 150 valence electrons. The number of rotatable bonds is 6. The summed E-state index contributed by atoms with van der Waals surface area (Å²) in [5.74, 6) is -0.298. The summed E-state index contributed by atoms with van der Waals surface area (Å²) >= 11 is 0. The summed E-state index contributed by atoms with van der Waals surface area (Å²) in [6, 6.07) is 22.2. The van der Waals surface area contributed by atoms with Crippen molar-refractivity contribution >= 4 is 5.91 Å². The lowest BCUT2D eigenvalue weighted by atomic mass is 10.1. The van der Waals surface area contributed by atoms with Crippen LogP contribution in [0.1, 0.15) is 22.0 Å². The molecule has 4 rings (SSSR count). The van der Waals surface area contributed by atoms with Gasteiger partial charge in [-0.1, -0.05) is 54.6 Å². The summed E-state index contributed by atoms with van der Waals surface area (Å²) in [6.07, 6.45) is 0.610. The summed E-state index contributed by atoms with van der Waals surface area (Å²) < 4.78 is 19.8. The Hall–Kier alpha value is -3.77. The molecule has 30 heavy (non-hydrogen) atoms. The maximum Gasteiger partial charge on any atom is 0.252 e. The molecule has 1 amide bonds. The molecular weight excluding hydrogens is 383 g/mol. The average Bonchev–Trinajstić information content (AvgIpc) is 3.28. The zero-order chi connectivity index (χ0) is 20.9. The molecule has 0 aliphatic carbocycles. The van der Waals surface area contributed by atoms with Crippen molar-refractivity contribution in [3.63, 3.8) is 0 Å². The fourth-order valence-corrected chi connectivity index (χ4v) is 3.13. The van der Waals surface area contributed by atoms with E-state index in [0.29, 0.717) is 22.3 Å². The largest absolute Gasteiger partial charge is 0.436 e. The van der Waals surface area contributed by atoms with E-state index in [4.69, 9.17) is 4.42 Å². The molecular formula is C24H19FN2O3. The van der Waals surface area contributed by atoms with E-state index in [0.717, 1.165) is 0 Å². The van der Waals surface area contributed by atoms with Crippen molar-refractivity contribution in [2.75, 3.05) is 6.54 Å². The van der Waals surface area contributed by atoms with Gasteiger partial charge in [0, 0.05) is 12.1 Å². The number of aliphatic hydroxyl groups is 1. The Kier molecular flexibility index (Phi) is 5.68. The number of carbonyl (C=O) groups is 1. The van der Waals surface area contributed by atoms with Gasteiger partial charge in [0.15, 0.2) is 5.76 Å². The summed E-state index contributed by atoms with van der Waals surface area (Å²) in [7, 11) is 0. The highest BCUT2D eigenvalue weighted by molar-refractivity contribution is 6.00. The molecule has 1 aromatic heterocycles. The van der Waals surface area contributed by atoms with Gasteiger partial charge in [0.2, 0.25) is 5.89 Å². The summed E-state index contributed by atoms with van der Waals surface area (Å²) in [6.45, 7) is 0.0588. The fraction of sp³-hybridized carbons (Fsp3) is 0.0833. The van der Waals surface area contributed by atoms with Crippen LogP contribution in [0.3, 0.4) is 0 Å². The number of oxazole rings is 1. The van der Waals surface area contributed by atoms with Crippen molar-refractivity contribution in [2.24, 2.45) is 0 Å². The molecule has 0 saturated heterocycles. The third kappa shape index (κ3) is 4.14. The number of benzene rings is 3. The van der Waals surface area contributed by atoms with E-state index < -0.39 is 11.9 Å². The van der Waals surface area contributed by atoms with Crippen LogP contribution in [0.5, 0.6) is 0 Å². The molecule has 2 N–H and O–H groups in total. The summed E-state index contributed by atoms with van der Waals surface area (Å²) in [5, 5.41) is 13.0. The molecule has 3 aromatic carbocycles. The molecule has 1 heterocycles. The number of halogens is 1. The van der Waals surface area contributed by atoms with Crippen LogP contribution < -0.4 is 5.32 Å². The smallest absolute Gasteiger partial charge is 0.252 e. The molecule has 6 heteroatoms. The predicted molar refractivity (Wildman–Crippen MR) is 111 cm³/mol. The van der Waals surface area contributed by atoms with Crippen LogP contribution in [-0.2, 0) is 0 Å². The maximum atomic E-state index is 14.0. The Labute approximate surface area is 172 Å². The Morgan fingerprint density at radius 2 is 1.63 bits per heavy atom. The number of aromatic nitrogens is 1. The van der Waals surface area contributed by atoms with Crippen molar-refractivity contribution in [2.45, 2.75) is 6.10 Å². The van der Waals surface area contributed by atoms with Gasteiger partial charge in [-0.3, -0.25) is 4.79 Å². The van der Waals surface area contributed by atoms with E-state index in [1.165, 1.54) is 12.3 Å². The highest BCUT2D eigenvalue weighted by atomic mass is 19.1. The molecule has 0 bridgehead atoms. The molecule has 5 nitrogen and oxygen atoms in total.